The Morgan fingerprint density at radius 3 is 2.33 bits per heavy atom. The minimum absolute atomic E-state index is 0.180. The zero-order valence-electron chi connectivity index (χ0n) is 13.3. The number of hydrogen-bond donors (Lipinski definition) is 2. The molecule has 2 aromatic carbocycles. The van der Waals surface area contributed by atoms with Crippen LogP contribution in [-0.4, -0.2) is 32.6 Å². The quantitative estimate of drug-likeness (QED) is 0.841. The molecule has 2 aromatic rings. The van der Waals surface area contributed by atoms with Crippen molar-refractivity contribution in [3.8, 4) is 11.5 Å². The molecule has 2 amide bonds. The van der Waals surface area contributed by atoms with E-state index in [9.17, 15) is 9.59 Å². The van der Waals surface area contributed by atoms with E-state index in [0.29, 0.717) is 27.8 Å². The minimum atomic E-state index is -0.404. The van der Waals surface area contributed by atoms with Gasteiger partial charge in [0.05, 0.1) is 31.5 Å². The van der Waals surface area contributed by atoms with Gasteiger partial charge in [0.15, 0.2) is 0 Å². The first kappa shape index (κ1) is 17.6. The van der Waals surface area contributed by atoms with Crippen LogP contribution < -0.4 is 20.1 Å². The summed E-state index contributed by atoms with van der Waals surface area (Å²) in [5.41, 5.74) is 0.873. The monoisotopic (exact) mass is 348 g/mol. The molecule has 0 aliphatic rings. The van der Waals surface area contributed by atoms with Gasteiger partial charge in [0.1, 0.15) is 11.5 Å². The number of amides is 2. The SMILES string of the molecule is COc1cc(OC)c(NC(=O)CNC(=O)c2ccccc2)cc1Cl. The highest BCUT2D eigenvalue weighted by atomic mass is 35.5. The predicted octanol–water partition coefficient (Wildman–Crippen LogP) is 2.73. The van der Waals surface area contributed by atoms with Crippen molar-refractivity contribution in [1.82, 2.24) is 5.32 Å². The second-order valence-corrected chi connectivity index (χ2v) is 5.19. The van der Waals surface area contributed by atoms with E-state index in [0.717, 1.165) is 0 Å². The minimum Gasteiger partial charge on any atom is -0.495 e. The number of halogens is 1. The molecule has 0 atom stereocenters. The van der Waals surface area contributed by atoms with Gasteiger partial charge in [-0.05, 0) is 18.2 Å². The van der Waals surface area contributed by atoms with E-state index in [4.69, 9.17) is 21.1 Å². The Kier molecular flexibility index (Phi) is 6.03. The number of anilines is 1. The number of nitrogens with one attached hydrogen (secondary N) is 2. The highest BCUT2D eigenvalue weighted by Gasteiger charge is 2.13. The maximum Gasteiger partial charge on any atom is 0.251 e. The zero-order valence-corrected chi connectivity index (χ0v) is 14.0. The van der Waals surface area contributed by atoms with E-state index in [1.54, 1.807) is 30.3 Å². The summed E-state index contributed by atoms with van der Waals surface area (Å²) in [5.74, 6) is 0.104. The molecule has 24 heavy (non-hydrogen) atoms. The number of carbonyl (C=O) groups is 2. The number of benzene rings is 2. The molecule has 0 unspecified atom stereocenters. The number of ether oxygens (including phenoxy) is 2. The Morgan fingerprint density at radius 1 is 1.04 bits per heavy atom. The summed E-state index contributed by atoms with van der Waals surface area (Å²) in [6, 6.07) is 11.7. The summed E-state index contributed by atoms with van der Waals surface area (Å²) in [6.07, 6.45) is 0. The summed E-state index contributed by atoms with van der Waals surface area (Å²) in [5, 5.41) is 5.52. The molecule has 6 nitrogen and oxygen atoms in total. The standard InChI is InChI=1S/C17H17ClN2O4/c1-23-14-9-15(24-2)13(8-12(14)18)20-16(21)10-19-17(22)11-6-4-3-5-7-11/h3-9H,10H2,1-2H3,(H,19,22)(H,20,21). The van der Waals surface area contributed by atoms with Crippen LogP contribution in [0, 0.1) is 0 Å². The topological polar surface area (TPSA) is 76.7 Å². The summed E-state index contributed by atoms with van der Waals surface area (Å²) in [4.78, 5) is 23.9. The second-order valence-electron chi connectivity index (χ2n) is 4.78. The van der Waals surface area contributed by atoms with Crippen LogP contribution in [0.4, 0.5) is 5.69 Å². The van der Waals surface area contributed by atoms with Gasteiger partial charge >= 0.3 is 0 Å². The van der Waals surface area contributed by atoms with Crippen LogP contribution in [0.5, 0.6) is 11.5 Å². The van der Waals surface area contributed by atoms with Crippen LogP contribution in [0.1, 0.15) is 10.4 Å². The van der Waals surface area contributed by atoms with Crippen LogP contribution >= 0.6 is 11.6 Å². The normalized spacial score (nSPS) is 9.96. The van der Waals surface area contributed by atoms with Crippen molar-refractivity contribution in [2.75, 3.05) is 26.1 Å². The molecule has 0 aliphatic heterocycles. The maximum absolute atomic E-state index is 12.0. The average molecular weight is 349 g/mol. The lowest BCUT2D eigenvalue weighted by atomic mass is 10.2. The molecule has 0 aromatic heterocycles. The van der Waals surface area contributed by atoms with Crippen molar-refractivity contribution in [1.29, 1.82) is 0 Å². The largest absolute Gasteiger partial charge is 0.495 e. The lowest BCUT2D eigenvalue weighted by Gasteiger charge is -2.13. The molecule has 2 rings (SSSR count). The lowest BCUT2D eigenvalue weighted by Crippen LogP contribution is -2.32. The van der Waals surface area contributed by atoms with Crippen molar-refractivity contribution in [3.63, 3.8) is 0 Å². The van der Waals surface area contributed by atoms with E-state index in [-0.39, 0.29) is 12.5 Å². The number of carbonyl (C=O) groups excluding carboxylic acids is 2. The Hall–Kier alpha value is -2.73. The van der Waals surface area contributed by atoms with Crippen molar-refractivity contribution in [3.05, 3.63) is 53.1 Å². The predicted molar refractivity (Wildman–Crippen MR) is 92.0 cm³/mol. The summed E-state index contributed by atoms with van der Waals surface area (Å²) >= 11 is 6.05. The van der Waals surface area contributed by atoms with Gasteiger partial charge < -0.3 is 20.1 Å². The second kappa shape index (κ2) is 8.21. The van der Waals surface area contributed by atoms with Gasteiger partial charge in [-0.3, -0.25) is 9.59 Å². The van der Waals surface area contributed by atoms with E-state index >= 15 is 0 Å². The Labute approximate surface area is 144 Å². The molecule has 0 bridgehead atoms. The van der Waals surface area contributed by atoms with Crippen LogP contribution in [0.25, 0.3) is 0 Å². The zero-order chi connectivity index (χ0) is 17.5. The maximum atomic E-state index is 12.0. The van der Waals surface area contributed by atoms with Crippen molar-refractivity contribution in [2.24, 2.45) is 0 Å². The number of rotatable bonds is 6. The van der Waals surface area contributed by atoms with Gasteiger partial charge in [0.25, 0.3) is 5.91 Å². The van der Waals surface area contributed by atoms with Crippen molar-refractivity contribution >= 4 is 29.1 Å². The van der Waals surface area contributed by atoms with E-state index < -0.39 is 5.91 Å². The van der Waals surface area contributed by atoms with Crippen LogP contribution in [0.2, 0.25) is 5.02 Å². The highest BCUT2D eigenvalue weighted by Crippen LogP contribution is 2.35. The third-order valence-electron chi connectivity index (χ3n) is 3.19. The molecule has 126 valence electrons. The first-order chi connectivity index (χ1) is 11.5. The molecule has 0 saturated carbocycles. The molecule has 2 N–H and O–H groups in total. The summed E-state index contributed by atoms with van der Waals surface area (Å²) in [6.45, 7) is -0.180. The van der Waals surface area contributed by atoms with Gasteiger partial charge in [-0.1, -0.05) is 29.8 Å². The fraction of sp³-hybridized carbons (Fsp3) is 0.176. The van der Waals surface area contributed by atoms with Gasteiger partial charge in [0, 0.05) is 11.6 Å². The van der Waals surface area contributed by atoms with Crippen molar-refractivity contribution in [2.45, 2.75) is 0 Å². The number of methoxy groups -OCH3 is 2. The molecule has 0 radical (unpaired) electrons. The van der Waals surface area contributed by atoms with Crippen molar-refractivity contribution < 1.29 is 19.1 Å². The van der Waals surface area contributed by atoms with Crippen LogP contribution in [-0.2, 0) is 4.79 Å². The summed E-state index contributed by atoms with van der Waals surface area (Å²) in [7, 11) is 2.95. The average Bonchev–Trinajstić information content (AvgIpc) is 2.60. The van der Waals surface area contributed by atoms with Gasteiger partial charge in [-0.2, -0.15) is 0 Å². The fourth-order valence-corrected chi connectivity index (χ4v) is 2.25. The third-order valence-corrected chi connectivity index (χ3v) is 3.49. The molecule has 0 heterocycles. The third kappa shape index (κ3) is 4.39. The number of hydrogen-bond acceptors (Lipinski definition) is 4. The van der Waals surface area contributed by atoms with Gasteiger partial charge in [-0.25, -0.2) is 0 Å². The Balaban J connectivity index is 2.00. The van der Waals surface area contributed by atoms with E-state index in [1.807, 2.05) is 6.07 Å². The molecule has 0 saturated heterocycles. The van der Waals surface area contributed by atoms with Crippen LogP contribution in [0.3, 0.4) is 0 Å². The lowest BCUT2D eigenvalue weighted by molar-refractivity contribution is -0.115. The fourth-order valence-electron chi connectivity index (χ4n) is 2.00. The molecular formula is C17H17ClN2O4. The summed E-state index contributed by atoms with van der Waals surface area (Å²) < 4.78 is 10.3. The van der Waals surface area contributed by atoms with E-state index in [1.165, 1.54) is 20.3 Å². The van der Waals surface area contributed by atoms with Gasteiger partial charge in [0.2, 0.25) is 5.91 Å². The molecular weight excluding hydrogens is 332 g/mol. The first-order valence-electron chi connectivity index (χ1n) is 7.09. The highest BCUT2D eigenvalue weighted by molar-refractivity contribution is 6.32. The Morgan fingerprint density at radius 2 is 1.71 bits per heavy atom. The Bertz CT molecular complexity index is 735. The molecule has 0 aliphatic carbocycles. The van der Waals surface area contributed by atoms with Crippen LogP contribution in [0.15, 0.2) is 42.5 Å². The van der Waals surface area contributed by atoms with E-state index in [2.05, 4.69) is 10.6 Å². The first-order valence-corrected chi connectivity index (χ1v) is 7.47. The molecule has 7 heteroatoms. The smallest absolute Gasteiger partial charge is 0.251 e. The molecule has 0 fully saturated rings. The molecule has 0 spiro atoms. The van der Waals surface area contributed by atoms with Gasteiger partial charge in [-0.15, -0.1) is 0 Å².